The predicted octanol–water partition coefficient (Wildman–Crippen LogP) is 5.67. The number of fused-ring (bicyclic) bond motifs is 3. The van der Waals surface area contributed by atoms with Crippen molar-refractivity contribution >= 4 is 21.7 Å². The number of ether oxygens (including phenoxy) is 1. The van der Waals surface area contributed by atoms with Crippen LogP contribution in [-0.4, -0.2) is 26.9 Å². The highest BCUT2D eigenvalue weighted by atomic mass is 19.1. The molecule has 0 atom stereocenters. The van der Waals surface area contributed by atoms with E-state index < -0.39 is 0 Å². The van der Waals surface area contributed by atoms with Crippen molar-refractivity contribution in [3.8, 4) is 22.7 Å². The van der Waals surface area contributed by atoms with Crippen LogP contribution >= 0.6 is 0 Å². The molecule has 0 aliphatic heterocycles. The maximum absolute atomic E-state index is 13.9. The number of hydrogen-bond acceptors (Lipinski definition) is 4. The molecule has 0 aliphatic carbocycles. The third-order valence-electron chi connectivity index (χ3n) is 6.40. The van der Waals surface area contributed by atoms with Gasteiger partial charge in [0.2, 0.25) is 0 Å². The topological polar surface area (TPSA) is 72.8 Å². The first-order chi connectivity index (χ1) is 17.6. The summed E-state index contributed by atoms with van der Waals surface area (Å²) in [5.41, 5.74) is 3.75. The smallest absolute Gasteiger partial charge is 0.267 e. The van der Waals surface area contributed by atoms with Crippen LogP contribution in [0.15, 0.2) is 96.2 Å². The van der Waals surface area contributed by atoms with Crippen LogP contribution < -0.4 is 10.3 Å². The lowest BCUT2D eigenvalue weighted by Crippen LogP contribution is -2.20. The van der Waals surface area contributed by atoms with E-state index in [1.54, 1.807) is 25.4 Å². The molecule has 6 nitrogen and oxygen atoms in total. The molecule has 0 saturated heterocycles. The van der Waals surface area contributed by atoms with Gasteiger partial charge < -0.3 is 4.74 Å². The number of hydrogen-bond donors (Lipinski definition) is 1. The Hall–Kier alpha value is -4.78. The number of aromatic nitrogens is 4. The number of methoxy groups -OCH3 is 1. The predicted molar refractivity (Wildman–Crippen MR) is 138 cm³/mol. The fourth-order valence-corrected chi connectivity index (χ4v) is 4.63. The van der Waals surface area contributed by atoms with Crippen LogP contribution in [-0.2, 0) is 6.42 Å². The molecule has 36 heavy (non-hydrogen) atoms. The van der Waals surface area contributed by atoms with Crippen molar-refractivity contribution in [2.24, 2.45) is 0 Å². The average Bonchev–Trinajstić information content (AvgIpc) is 3.40. The van der Waals surface area contributed by atoms with Gasteiger partial charge >= 0.3 is 0 Å². The number of halogens is 1. The van der Waals surface area contributed by atoms with Crippen LogP contribution in [0.25, 0.3) is 38.6 Å². The van der Waals surface area contributed by atoms with E-state index in [-0.39, 0.29) is 11.4 Å². The average molecular weight is 477 g/mol. The summed E-state index contributed by atoms with van der Waals surface area (Å²) < 4.78 is 20.6. The fourth-order valence-electron chi connectivity index (χ4n) is 4.63. The Morgan fingerprint density at radius 2 is 1.75 bits per heavy atom. The van der Waals surface area contributed by atoms with E-state index >= 15 is 0 Å². The highest BCUT2D eigenvalue weighted by Crippen LogP contribution is 2.29. The second-order valence-corrected chi connectivity index (χ2v) is 8.56. The van der Waals surface area contributed by atoms with Gasteiger partial charge in [-0.1, -0.05) is 48.5 Å². The zero-order chi connectivity index (χ0) is 24.6. The maximum atomic E-state index is 13.9. The lowest BCUT2D eigenvalue weighted by atomic mass is 9.96. The van der Waals surface area contributed by atoms with E-state index in [1.165, 1.54) is 23.0 Å². The summed E-state index contributed by atoms with van der Waals surface area (Å²) in [6, 6.07) is 24.0. The van der Waals surface area contributed by atoms with E-state index in [0.29, 0.717) is 34.3 Å². The molecular weight excluding hydrogens is 455 g/mol. The Balaban J connectivity index is 1.53. The van der Waals surface area contributed by atoms with Crippen molar-refractivity contribution in [1.29, 1.82) is 0 Å². The van der Waals surface area contributed by atoms with Gasteiger partial charge in [-0.3, -0.25) is 14.5 Å². The van der Waals surface area contributed by atoms with Gasteiger partial charge in [0, 0.05) is 10.9 Å². The number of nitrogens with zero attached hydrogens (tertiary/aromatic N) is 3. The van der Waals surface area contributed by atoms with Gasteiger partial charge in [-0.2, -0.15) is 5.10 Å². The Labute approximate surface area is 205 Å². The molecule has 0 fully saturated rings. The van der Waals surface area contributed by atoms with Crippen molar-refractivity contribution in [2.75, 3.05) is 7.11 Å². The molecule has 1 N–H and O–H groups in total. The van der Waals surface area contributed by atoms with Crippen LogP contribution in [0.2, 0.25) is 0 Å². The summed E-state index contributed by atoms with van der Waals surface area (Å²) in [4.78, 5) is 18.5. The highest BCUT2D eigenvalue weighted by molar-refractivity contribution is 6.06. The summed E-state index contributed by atoms with van der Waals surface area (Å²) in [6.07, 6.45) is 3.72. The zero-order valence-electron chi connectivity index (χ0n) is 19.4. The number of nitrogens with one attached hydrogen (secondary N) is 1. The van der Waals surface area contributed by atoms with Crippen LogP contribution in [0, 0.1) is 5.82 Å². The van der Waals surface area contributed by atoms with Crippen molar-refractivity contribution in [1.82, 2.24) is 19.7 Å². The number of rotatable bonds is 5. The largest absolute Gasteiger partial charge is 0.497 e. The SMILES string of the molecule is COc1ccc(Cc2cc3c(=O)n(-c4[nH]ncc4-c4cccc(F)c4)cnc3c3ccccc23)cc1. The van der Waals surface area contributed by atoms with E-state index in [1.807, 2.05) is 48.5 Å². The summed E-state index contributed by atoms with van der Waals surface area (Å²) in [6.45, 7) is 0. The third kappa shape index (κ3) is 3.71. The van der Waals surface area contributed by atoms with Gasteiger partial charge in [0.1, 0.15) is 23.7 Å². The molecule has 0 unspecified atom stereocenters. The minimum Gasteiger partial charge on any atom is -0.497 e. The fraction of sp³-hybridized carbons (Fsp3) is 0.0690. The molecule has 0 bridgehead atoms. The minimum absolute atomic E-state index is 0.233. The minimum atomic E-state index is -0.363. The summed E-state index contributed by atoms with van der Waals surface area (Å²) in [7, 11) is 1.64. The van der Waals surface area contributed by atoms with Gasteiger partial charge in [-0.05, 0) is 58.8 Å². The third-order valence-corrected chi connectivity index (χ3v) is 6.40. The molecule has 176 valence electrons. The van der Waals surface area contributed by atoms with E-state index in [2.05, 4.69) is 21.2 Å². The molecule has 7 heteroatoms. The lowest BCUT2D eigenvalue weighted by molar-refractivity contribution is 0.414. The van der Waals surface area contributed by atoms with Crippen LogP contribution in [0.3, 0.4) is 0 Å². The quantitative estimate of drug-likeness (QED) is 0.326. The summed E-state index contributed by atoms with van der Waals surface area (Å²) >= 11 is 0. The van der Waals surface area contributed by atoms with Crippen LogP contribution in [0.4, 0.5) is 4.39 Å². The highest BCUT2D eigenvalue weighted by Gasteiger charge is 2.16. The molecule has 0 aliphatic rings. The number of H-pyrrole nitrogens is 1. The van der Waals surface area contributed by atoms with Gasteiger partial charge in [-0.25, -0.2) is 9.37 Å². The van der Waals surface area contributed by atoms with Gasteiger partial charge in [0.05, 0.1) is 24.2 Å². The van der Waals surface area contributed by atoms with Gasteiger partial charge in [-0.15, -0.1) is 0 Å². The lowest BCUT2D eigenvalue weighted by Gasteiger charge is -2.12. The van der Waals surface area contributed by atoms with E-state index in [9.17, 15) is 9.18 Å². The molecular formula is C29H21FN4O2. The maximum Gasteiger partial charge on any atom is 0.267 e. The van der Waals surface area contributed by atoms with Crippen molar-refractivity contribution < 1.29 is 9.13 Å². The molecule has 6 aromatic rings. The molecule has 0 saturated carbocycles. The van der Waals surface area contributed by atoms with Crippen LogP contribution in [0.1, 0.15) is 11.1 Å². The summed E-state index contributed by atoms with van der Waals surface area (Å²) in [5, 5.41) is 9.47. The van der Waals surface area contributed by atoms with Gasteiger partial charge in [0.15, 0.2) is 0 Å². The summed E-state index contributed by atoms with van der Waals surface area (Å²) in [5.74, 6) is 0.867. The monoisotopic (exact) mass is 476 g/mol. The Kier molecular flexibility index (Phi) is 5.30. The van der Waals surface area contributed by atoms with Crippen molar-refractivity contribution in [3.63, 3.8) is 0 Å². The van der Waals surface area contributed by atoms with Crippen molar-refractivity contribution in [3.05, 3.63) is 119 Å². The number of aromatic amines is 1. The normalized spacial score (nSPS) is 11.3. The molecule has 4 aromatic carbocycles. The molecule has 2 aromatic heterocycles. The first kappa shape index (κ1) is 21.7. The molecule has 0 amide bonds. The first-order valence-corrected chi connectivity index (χ1v) is 11.5. The Morgan fingerprint density at radius 1 is 0.944 bits per heavy atom. The van der Waals surface area contributed by atoms with E-state index in [4.69, 9.17) is 4.74 Å². The molecule has 6 rings (SSSR count). The first-order valence-electron chi connectivity index (χ1n) is 11.5. The molecule has 0 radical (unpaired) electrons. The molecule has 0 spiro atoms. The standard InChI is InChI=1S/C29H21FN4O2/c1-36-22-11-9-18(10-12-22)13-20-15-25-27(24-8-3-2-7-23(20)24)31-17-34(29(25)35)28-26(16-32-33-28)19-5-4-6-21(30)14-19/h2-12,14-17H,13H2,1H3,(H,32,33). The Bertz CT molecular complexity index is 1790. The second-order valence-electron chi connectivity index (χ2n) is 8.56. The second kappa shape index (κ2) is 8.78. The molecule has 2 heterocycles. The Morgan fingerprint density at radius 3 is 2.53 bits per heavy atom. The van der Waals surface area contributed by atoms with Crippen LogP contribution in [0.5, 0.6) is 5.75 Å². The van der Waals surface area contributed by atoms with Gasteiger partial charge in [0.25, 0.3) is 5.56 Å². The zero-order valence-corrected chi connectivity index (χ0v) is 19.4. The van der Waals surface area contributed by atoms with E-state index in [0.717, 1.165) is 27.6 Å². The number of benzene rings is 4. The van der Waals surface area contributed by atoms with Crippen molar-refractivity contribution in [2.45, 2.75) is 6.42 Å².